The Morgan fingerprint density at radius 2 is 1.73 bits per heavy atom. The molecule has 1 saturated heterocycles. The second-order valence-electron chi connectivity index (χ2n) is 19.6. The van der Waals surface area contributed by atoms with Crippen molar-refractivity contribution in [3.05, 3.63) is 154 Å². The molecule has 0 spiro atoms. The molecule has 376 valence electrons. The van der Waals surface area contributed by atoms with Gasteiger partial charge in [0.15, 0.2) is 10.8 Å². The molecule has 17 heteroatoms. The zero-order chi connectivity index (χ0) is 51.7. The van der Waals surface area contributed by atoms with Gasteiger partial charge in [0.25, 0.3) is 5.91 Å². The van der Waals surface area contributed by atoms with Crippen LogP contribution in [0.4, 0.5) is 16.6 Å². The van der Waals surface area contributed by atoms with Gasteiger partial charge in [-0.3, -0.25) is 39.5 Å². The van der Waals surface area contributed by atoms with E-state index in [4.69, 9.17) is 14.5 Å². The third-order valence-electron chi connectivity index (χ3n) is 13.2. The number of carbonyl (C=O) groups excluding carboxylic acids is 5. The van der Waals surface area contributed by atoms with Gasteiger partial charge >= 0.3 is 5.97 Å². The number of esters is 1. The smallest absolute Gasteiger partial charge is 0.358 e. The van der Waals surface area contributed by atoms with Gasteiger partial charge in [-0.25, -0.2) is 14.8 Å². The number of hydrogen-bond acceptors (Lipinski definition) is 13. The van der Waals surface area contributed by atoms with Crippen LogP contribution in [-0.4, -0.2) is 73.1 Å². The molecule has 1 unspecified atom stereocenters. The molecule has 16 nitrogen and oxygen atoms in total. The number of thiazole rings is 1. The van der Waals surface area contributed by atoms with E-state index in [1.165, 1.54) is 11.3 Å². The van der Waals surface area contributed by atoms with Crippen LogP contribution in [0, 0.1) is 6.92 Å². The van der Waals surface area contributed by atoms with Crippen molar-refractivity contribution in [2.75, 3.05) is 28.7 Å². The summed E-state index contributed by atoms with van der Waals surface area (Å²) in [6, 6.07) is 32.5. The Morgan fingerprint density at radius 3 is 2.53 bits per heavy atom. The SMILES string of the molecule is Cc1c(OCCCc2ccc(CC(=O)Nc3ccc4c(C5CCC(=O)NC5=O)nn(C)c4c3)nc2)cccc1-c1ccc(N2CCc3cccc(C(=O)Nc4nc5ccccc5s4)c3C2)nc1C(=O)OC(C)(C)C. The monoisotopic (exact) mass is 1010 g/mol. The van der Waals surface area contributed by atoms with Gasteiger partial charge in [-0.05, 0) is 142 Å². The zero-order valence-electron chi connectivity index (χ0n) is 41.8. The van der Waals surface area contributed by atoms with Crippen LogP contribution in [0.2, 0.25) is 0 Å². The minimum Gasteiger partial charge on any atom is -0.493 e. The maximum absolute atomic E-state index is 14.0. The Labute approximate surface area is 431 Å². The van der Waals surface area contributed by atoms with E-state index >= 15 is 0 Å². The number of nitrogens with zero attached hydrogens (tertiary/aromatic N) is 6. The summed E-state index contributed by atoms with van der Waals surface area (Å²) < 4.78 is 15.0. The van der Waals surface area contributed by atoms with Gasteiger partial charge in [0.1, 0.15) is 17.2 Å². The fourth-order valence-corrected chi connectivity index (χ4v) is 10.4. The summed E-state index contributed by atoms with van der Waals surface area (Å²) in [6.45, 7) is 8.95. The molecule has 0 aliphatic carbocycles. The molecule has 10 rings (SSSR count). The van der Waals surface area contributed by atoms with E-state index in [1.807, 2.05) is 119 Å². The van der Waals surface area contributed by atoms with Crippen LogP contribution in [0.15, 0.2) is 109 Å². The average molecular weight is 1010 g/mol. The normalized spacial score (nSPS) is 14.7. The fraction of sp³-hybridized carbons (Fsp3) is 0.281. The molecule has 74 heavy (non-hydrogen) atoms. The molecule has 6 heterocycles. The van der Waals surface area contributed by atoms with Gasteiger partial charge in [-0.15, -0.1) is 0 Å². The van der Waals surface area contributed by atoms with Crippen LogP contribution < -0.4 is 25.6 Å². The summed E-state index contributed by atoms with van der Waals surface area (Å²) in [7, 11) is 1.78. The number of ether oxygens (including phenoxy) is 2. The van der Waals surface area contributed by atoms with Crippen molar-refractivity contribution in [1.29, 1.82) is 0 Å². The Bertz CT molecular complexity index is 3470. The first-order valence-corrected chi connectivity index (χ1v) is 25.5. The lowest BCUT2D eigenvalue weighted by Crippen LogP contribution is -2.39. The fourth-order valence-electron chi connectivity index (χ4n) is 9.58. The summed E-state index contributed by atoms with van der Waals surface area (Å²) in [4.78, 5) is 81.4. The highest BCUT2D eigenvalue weighted by molar-refractivity contribution is 7.22. The predicted molar refractivity (Wildman–Crippen MR) is 285 cm³/mol. The van der Waals surface area contributed by atoms with Crippen LogP contribution in [-0.2, 0) is 52.0 Å². The lowest BCUT2D eigenvalue weighted by Gasteiger charge is -2.31. The van der Waals surface area contributed by atoms with Gasteiger partial charge in [-0.1, -0.05) is 53.8 Å². The Balaban J connectivity index is 0.770. The number of anilines is 3. The van der Waals surface area contributed by atoms with Crippen molar-refractivity contribution in [3.63, 3.8) is 0 Å². The van der Waals surface area contributed by atoms with Gasteiger partial charge in [0.05, 0.1) is 40.4 Å². The minimum absolute atomic E-state index is 0.0820. The van der Waals surface area contributed by atoms with Crippen LogP contribution in [0.1, 0.15) is 100 Å². The van der Waals surface area contributed by atoms with Gasteiger partial charge in [-0.2, -0.15) is 5.10 Å². The van der Waals surface area contributed by atoms with Gasteiger partial charge in [0, 0.05) is 60.6 Å². The summed E-state index contributed by atoms with van der Waals surface area (Å²) in [5, 5.41) is 14.3. The molecule has 2 aliphatic rings. The molecule has 1 fully saturated rings. The van der Waals surface area contributed by atoms with Crippen molar-refractivity contribution >= 4 is 78.7 Å². The van der Waals surface area contributed by atoms with Crippen LogP contribution in [0.25, 0.3) is 32.2 Å². The first-order chi connectivity index (χ1) is 35.6. The molecule has 0 bridgehead atoms. The van der Waals surface area contributed by atoms with Crippen molar-refractivity contribution in [2.45, 2.75) is 84.3 Å². The minimum atomic E-state index is -0.765. The summed E-state index contributed by atoms with van der Waals surface area (Å²) in [5.74, 6) is -0.848. The van der Waals surface area contributed by atoms with E-state index in [9.17, 15) is 24.0 Å². The molecule has 0 saturated carbocycles. The van der Waals surface area contributed by atoms with E-state index in [0.29, 0.717) is 90.3 Å². The molecule has 1 atom stereocenters. The van der Waals surface area contributed by atoms with Crippen molar-refractivity contribution in [1.82, 2.24) is 30.0 Å². The summed E-state index contributed by atoms with van der Waals surface area (Å²) in [5.41, 5.74) is 8.67. The van der Waals surface area contributed by atoms with E-state index in [-0.39, 0.29) is 42.2 Å². The van der Waals surface area contributed by atoms with E-state index < -0.39 is 17.5 Å². The number of fused-ring (bicyclic) bond motifs is 3. The molecule has 4 aromatic carbocycles. The molecular weight excluding hydrogens is 955 g/mol. The molecule has 4 aromatic heterocycles. The van der Waals surface area contributed by atoms with Crippen LogP contribution in [0.5, 0.6) is 5.75 Å². The number of imide groups is 1. The highest BCUT2D eigenvalue weighted by atomic mass is 32.1. The number of pyridine rings is 2. The quantitative estimate of drug-likeness (QED) is 0.0531. The molecule has 0 radical (unpaired) electrons. The number of rotatable bonds is 14. The second kappa shape index (κ2) is 20.7. The first-order valence-electron chi connectivity index (χ1n) is 24.7. The molecule has 2 aliphatic heterocycles. The number of carbonyl (C=O) groups is 5. The number of piperidine rings is 1. The van der Waals surface area contributed by atoms with Gasteiger partial charge < -0.3 is 19.7 Å². The topological polar surface area (TPSA) is 200 Å². The third kappa shape index (κ3) is 10.7. The highest BCUT2D eigenvalue weighted by Crippen LogP contribution is 2.36. The average Bonchev–Trinajstić information content (AvgIpc) is 3.94. The first kappa shape index (κ1) is 49.3. The Hall–Kier alpha value is -8.31. The highest BCUT2D eigenvalue weighted by Gasteiger charge is 2.32. The van der Waals surface area contributed by atoms with Crippen molar-refractivity contribution in [3.8, 4) is 16.9 Å². The van der Waals surface area contributed by atoms with Crippen molar-refractivity contribution < 1.29 is 33.4 Å². The lowest BCUT2D eigenvalue weighted by molar-refractivity contribution is -0.134. The molecule has 8 aromatic rings. The largest absolute Gasteiger partial charge is 0.493 e. The van der Waals surface area contributed by atoms with Crippen molar-refractivity contribution in [2.24, 2.45) is 7.05 Å². The maximum atomic E-state index is 14.0. The standard InChI is InChI=1S/C57H55N9O7S/c1-33-38(39-22-24-48(61-52(39)55(71)73-57(2,3)4)66-27-26-35-12-8-14-40(43(35)32-66)53(69)63-56-60-44-15-6-7-17-47(44)74-56)13-9-16-46(33)72-28-10-11-34-18-19-36(58-31-34)30-50(68)59-37-20-21-41-45(29-37)65(5)64-51(41)42-23-25-49(67)62-54(42)70/h6-9,12-22,24,29,31,42H,10-11,23,25-28,30,32H2,1-5H3,(H,59,68)(H,60,63,69)(H,62,67,70). The number of aryl methyl sites for hydroxylation is 2. The molecular formula is C57H55N9O7S. The summed E-state index contributed by atoms with van der Waals surface area (Å²) >= 11 is 1.43. The van der Waals surface area contributed by atoms with E-state index in [1.54, 1.807) is 24.0 Å². The summed E-state index contributed by atoms with van der Waals surface area (Å²) in [6.07, 6.45) is 4.62. The van der Waals surface area contributed by atoms with Crippen LogP contribution >= 0.6 is 11.3 Å². The second-order valence-corrected chi connectivity index (χ2v) is 20.7. The zero-order valence-corrected chi connectivity index (χ0v) is 42.6. The number of nitrogens with one attached hydrogen (secondary N) is 3. The Kier molecular flexibility index (Phi) is 13.8. The predicted octanol–water partition coefficient (Wildman–Crippen LogP) is 9.43. The number of hydrogen-bond donors (Lipinski definition) is 3. The van der Waals surface area contributed by atoms with Gasteiger partial charge in [0.2, 0.25) is 17.7 Å². The number of para-hydroxylation sites is 1. The van der Waals surface area contributed by atoms with E-state index in [0.717, 1.165) is 48.9 Å². The lowest BCUT2D eigenvalue weighted by atomic mass is 9.93. The number of amides is 4. The number of benzene rings is 4. The van der Waals surface area contributed by atoms with E-state index in [2.05, 4.69) is 42.0 Å². The Morgan fingerprint density at radius 1 is 0.892 bits per heavy atom. The maximum Gasteiger partial charge on any atom is 0.358 e. The molecule has 3 N–H and O–H groups in total. The van der Waals surface area contributed by atoms with Crippen LogP contribution in [0.3, 0.4) is 0 Å². The third-order valence-corrected chi connectivity index (χ3v) is 14.2. The molecule has 4 amide bonds. The number of aromatic nitrogens is 5.